The summed E-state index contributed by atoms with van der Waals surface area (Å²) in [5, 5.41) is 15.5. The molecule has 2 N–H and O–H groups in total. The van der Waals surface area contributed by atoms with Gasteiger partial charge in [-0.1, -0.05) is 78.9 Å². The number of carbonyl (C=O) groups excluding carboxylic acids is 2. The molecule has 0 aliphatic rings. The predicted molar refractivity (Wildman–Crippen MR) is 136 cm³/mol. The fraction of sp³-hybridized carbons (Fsp3) is 0.0690. The van der Waals surface area contributed by atoms with E-state index in [1.165, 1.54) is 13.3 Å². The van der Waals surface area contributed by atoms with Gasteiger partial charge in [0.05, 0.1) is 18.9 Å². The molecule has 0 heterocycles. The molecule has 0 aliphatic carbocycles. The highest BCUT2D eigenvalue weighted by Gasteiger charge is 2.39. The van der Waals surface area contributed by atoms with Gasteiger partial charge in [-0.05, 0) is 47.0 Å². The lowest BCUT2D eigenvalue weighted by molar-refractivity contribution is -0.136. The second kappa shape index (κ2) is 11.1. The number of hydrogen-bond donors (Lipinski definition) is 2. The van der Waals surface area contributed by atoms with Crippen LogP contribution >= 0.6 is 0 Å². The Bertz CT molecular complexity index is 1320. The van der Waals surface area contributed by atoms with Crippen LogP contribution in [0.3, 0.4) is 0 Å². The largest absolute Gasteiger partial charge is 0.493 e. The van der Waals surface area contributed by atoms with Crippen LogP contribution in [0, 0.1) is 0 Å². The Morgan fingerprint density at radius 3 is 1.92 bits per heavy atom. The third-order valence-electron chi connectivity index (χ3n) is 5.49. The van der Waals surface area contributed by atoms with Gasteiger partial charge in [0.2, 0.25) is 0 Å². The van der Waals surface area contributed by atoms with E-state index in [1.54, 1.807) is 103 Å². The van der Waals surface area contributed by atoms with Gasteiger partial charge in [0, 0.05) is 0 Å². The van der Waals surface area contributed by atoms with Gasteiger partial charge < -0.3 is 14.6 Å². The third kappa shape index (κ3) is 5.32. The molecule has 7 heteroatoms. The number of carbonyl (C=O) groups is 2. The second-order valence-electron chi connectivity index (χ2n) is 7.81. The number of methoxy groups -OCH3 is 1. The standard InChI is InChI=1S/C29H24N2O5/c1-35-26-19-21(17-18-25(26)36-27(32)22-11-5-2-6-12-22)20-30-31-28(33)29(34,23-13-7-3-8-14-23)24-15-9-4-10-16-24/h2-20,34H,1H3,(H,31,33)/b30-20+. The summed E-state index contributed by atoms with van der Waals surface area (Å²) in [6, 6.07) is 30.8. The van der Waals surface area contributed by atoms with Crippen LogP contribution in [0.15, 0.2) is 114 Å². The van der Waals surface area contributed by atoms with Crippen molar-refractivity contribution >= 4 is 18.1 Å². The maximum absolute atomic E-state index is 13.1. The maximum Gasteiger partial charge on any atom is 0.343 e. The first-order valence-electron chi connectivity index (χ1n) is 11.1. The summed E-state index contributed by atoms with van der Waals surface area (Å²) in [5.74, 6) is -0.657. The number of nitrogens with zero attached hydrogens (tertiary/aromatic N) is 1. The van der Waals surface area contributed by atoms with Crippen LogP contribution in [0.1, 0.15) is 27.0 Å². The first kappa shape index (κ1) is 24.4. The number of hydrogen-bond acceptors (Lipinski definition) is 6. The Kier molecular flexibility index (Phi) is 7.53. The van der Waals surface area contributed by atoms with Gasteiger partial charge in [-0.2, -0.15) is 5.10 Å². The van der Waals surface area contributed by atoms with Crippen LogP contribution in [0.2, 0.25) is 0 Å². The molecule has 4 rings (SSSR count). The predicted octanol–water partition coefficient (Wildman–Crippen LogP) is 4.30. The van der Waals surface area contributed by atoms with Gasteiger partial charge >= 0.3 is 5.97 Å². The zero-order chi connectivity index (χ0) is 25.4. The highest BCUT2D eigenvalue weighted by molar-refractivity contribution is 5.92. The summed E-state index contributed by atoms with van der Waals surface area (Å²) >= 11 is 0. The number of rotatable bonds is 8. The third-order valence-corrected chi connectivity index (χ3v) is 5.49. The van der Waals surface area contributed by atoms with Crippen LogP contribution in [-0.4, -0.2) is 30.3 Å². The number of ether oxygens (including phenoxy) is 2. The van der Waals surface area contributed by atoms with Crippen LogP contribution in [-0.2, 0) is 10.4 Å². The first-order valence-corrected chi connectivity index (χ1v) is 11.1. The Hall–Kier alpha value is -4.75. The van der Waals surface area contributed by atoms with Crippen molar-refractivity contribution in [2.45, 2.75) is 5.60 Å². The Balaban J connectivity index is 1.51. The molecule has 0 bridgehead atoms. The van der Waals surface area contributed by atoms with Gasteiger partial charge in [-0.3, -0.25) is 4.79 Å². The number of esters is 1. The molecular formula is C29H24N2O5. The minimum atomic E-state index is -1.94. The van der Waals surface area contributed by atoms with Crippen molar-refractivity contribution in [3.63, 3.8) is 0 Å². The van der Waals surface area contributed by atoms with Gasteiger partial charge in [-0.15, -0.1) is 0 Å². The van der Waals surface area contributed by atoms with Crippen LogP contribution < -0.4 is 14.9 Å². The van der Waals surface area contributed by atoms with E-state index in [1.807, 2.05) is 6.07 Å². The van der Waals surface area contributed by atoms with Crippen molar-refractivity contribution < 1.29 is 24.2 Å². The van der Waals surface area contributed by atoms with E-state index in [-0.39, 0.29) is 5.75 Å². The summed E-state index contributed by atoms with van der Waals surface area (Å²) in [7, 11) is 1.46. The van der Waals surface area contributed by atoms with E-state index in [4.69, 9.17) is 9.47 Å². The van der Waals surface area contributed by atoms with Crippen molar-refractivity contribution in [3.8, 4) is 11.5 Å². The number of hydrazone groups is 1. The molecule has 180 valence electrons. The number of benzene rings is 4. The minimum absolute atomic E-state index is 0.245. The molecule has 0 fully saturated rings. The summed E-state index contributed by atoms with van der Waals surface area (Å²) in [6.45, 7) is 0. The monoisotopic (exact) mass is 480 g/mol. The Morgan fingerprint density at radius 1 is 0.806 bits per heavy atom. The van der Waals surface area contributed by atoms with Crippen LogP contribution in [0.5, 0.6) is 11.5 Å². The minimum Gasteiger partial charge on any atom is -0.493 e. The summed E-state index contributed by atoms with van der Waals surface area (Å²) < 4.78 is 10.8. The molecule has 1 amide bonds. The number of amides is 1. The Labute approximate surface area is 208 Å². The molecule has 4 aromatic carbocycles. The molecule has 0 aliphatic heterocycles. The average Bonchev–Trinajstić information content (AvgIpc) is 2.94. The zero-order valence-corrected chi connectivity index (χ0v) is 19.5. The van der Waals surface area contributed by atoms with E-state index in [9.17, 15) is 14.7 Å². The highest BCUT2D eigenvalue weighted by atomic mass is 16.6. The average molecular weight is 481 g/mol. The normalized spacial score (nSPS) is 11.2. The zero-order valence-electron chi connectivity index (χ0n) is 19.5. The lowest BCUT2D eigenvalue weighted by atomic mass is 9.85. The van der Waals surface area contributed by atoms with Gasteiger partial charge in [0.1, 0.15) is 0 Å². The van der Waals surface area contributed by atoms with Gasteiger partial charge in [0.15, 0.2) is 17.1 Å². The topological polar surface area (TPSA) is 97.2 Å². The fourth-order valence-electron chi connectivity index (χ4n) is 3.62. The smallest absolute Gasteiger partial charge is 0.343 e. The van der Waals surface area contributed by atoms with E-state index in [0.29, 0.717) is 28.0 Å². The molecule has 0 spiro atoms. The summed E-state index contributed by atoms with van der Waals surface area (Å²) in [5.41, 5.74) is 2.31. The van der Waals surface area contributed by atoms with Gasteiger partial charge in [-0.25, -0.2) is 10.2 Å². The maximum atomic E-state index is 13.1. The van der Waals surface area contributed by atoms with Crippen molar-refractivity contribution in [3.05, 3.63) is 131 Å². The lowest BCUT2D eigenvalue weighted by Gasteiger charge is -2.27. The number of aliphatic hydroxyl groups is 1. The van der Waals surface area contributed by atoms with Crippen LogP contribution in [0.25, 0.3) is 0 Å². The van der Waals surface area contributed by atoms with E-state index in [0.717, 1.165) is 0 Å². The van der Waals surface area contributed by atoms with E-state index >= 15 is 0 Å². The van der Waals surface area contributed by atoms with Crippen LogP contribution in [0.4, 0.5) is 0 Å². The molecule has 0 aromatic heterocycles. The summed E-state index contributed by atoms with van der Waals surface area (Å²) in [6.07, 6.45) is 1.40. The van der Waals surface area contributed by atoms with Gasteiger partial charge in [0.25, 0.3) is 5.91 Å². The molecule has 0 saturated carbocycles. The van der Waals surface area contributed by atoms with Crippen molar-refractivity contribution in [1.82, 2.24) is 5.43 Å². The molecular weight excluding hydrogens is 456 g/mol. The Morgan fingerprint density at radius 2 is 1.36 bits per heavy atom. The first-order chi connectivity index (χ1) is 17.5. The van der Waals surface area contributed by atoms with Crippen molar-refractivity contribution in [2.75, 3.05) is 7.11 Å². The molecule has 0 unspecified atom stereocenters. The van der Waals surface area contributed by atoms with Crippen molar-refractivity contribution in [1.29, 1.82) is 0 Å². The summed E-state index contributed by atoms with van der Waals surface area (Å²) in [4.78, 5) is 25.5. The molecule has 36 heavy (non-hydrogen) atoms. The molecule has 7 nitrogen and oxygen atoms in total. The molecule has 4 aromatic rings. The lowest BCUT2D eigenvalue weighted by Crippen LogP contribution is -2.43. The number of nitrogens with one attached hydrogen (secondary N) is 1. The SMILES string of the molecule is COc1cc(/C=N/NC(=O)C(O)(c2ccccc2)c2ccccc2)ccc1OC(=O)c1ccccc1. The molecule has 0 saturated heterocycles. The fourth-order valence-corrected chi connectivity index (χ4v) is 3.62. The second-order valence-corrected chi connectivity index (χ2v) is 7.81. The quantitative estimate of drug-likeness (QED) is 0.170. The molecule has 0 radical (unpaired) electrons. The van der Waals surface area contributed by atoms with Crippen molar-refractivity contribution in [2.24, 2.45) is 5.10 Å². The molecule has 0 atom stereocenters. The van der Waals surface area contributed by atoms with E-state index in [2.05, 4.69) is 10.5 Å². The van der Waals surface area contributed by atoms with E-state index < -0.39 is 17.5 Å². The highest BCUT2D eigenvalue weighted by Crippen LogP contribution is 2.30.